The van der Waals surface area contributed by atoms with Crippen molar-refractivity contribution in [2.45, 2.75) is 20.0 Å². The van der Waals surface area contributed by atoms with Gasteiger partial charge in [0.2, 0.25) is 0 Å². The smallest absolute Gasteiger partial charge is 0.307 e. The van der Waals surface area contributed by atoms with Crippen molar-refractivity contribution in [1.82, 2.24) is 9.13 Å². The molecule has 0 aliphatic rings. The van der Waals surface area contributed by atoms with Gasteiger partial charge in [-0.05, 0) is 86.1 Å². The fourth-order valence-electron chi connectivity index (χ4n) is 6.95. The predicted octanol–water partition coefficient (Wildman–Crippen LogP) is 11.6. The van der Waals surface area contributed by atoms with E-state index in [2.05, 4.69) is 62.5 Å². The van der Waals surface area contributed by atoms with Gasteiger partial charge in [0.1, 0.15) is 0 Å². The summed E-state index contributed by atoms with van der Waals surface area (Å²) >= 11 is 0. The minimum absolute atomic E-state index is 0.148. The standard InChI is InChI=1S/C41H25F3N4/c1-24-12-14-37-33(16-24)30-8-4-6-10-35(30)47(37)39-20-27(23-45)32(26-18-28(41(42,43)44)21-29(19-26)46-3)22-40(39)48-36-11-7-5-9-31(36)34-17-25(2)13-15-38(34)48/h4-22H,1-2H3. The first kappa shape index (κ1) is 29.1. The van der Waals surface area contributed by atoms with Crippen molar-refractivity contribution in [2.24, 2.45) is 0 Å². The summed E-state index contributed by atoms with van der Waals surface area (Å²) in [6.07, 6.45) is -4.67. The van der Waals surface area contributed by atoms with Crippen molar-refractivity contribution in [3.8, 4) is 28.6 Å². The average molecular weight is 631 g/mol. The molecule has 0 aliphatic heterocycles. The van der Waals surface area contributed by atoms with E-state index in [1.165, 1.54) is 6.07 Å². The topological polar surface area (TPSA) is 38.0 Å². The number of nitriles is 1. The molecule has 2 aromatic heterocycles. The summed E-state index contributed by atoms with van der Waals surface area (Å²) in [6, 6.07) is 37.8. The molecule has 0 saturated carbocycles. The molecule has 6 aromatic carbocycles. The Labute approximate surface area is 273 Å². The number of rotatable bonds is 3. The normalized spacial score (nSPS) is 11.8. The highest BCUT2D eigenvalue weighted by molar-refractivity contribution is 6.12. The van der Waals surface area contributed by atoms with Crippen LogP contribution in [0.5, 0.6) is 0 Å². The van der Waals surface area contributed by atoms with Gasteiger partial charge in [0.15, 0.2) is 5.69 Å². The molecular weight excluding hydrogens is 605 g/mol. The van der Waals surface area contributed by atoms with Crippen LogP contribution in [0.4, 0.5) is 18.9 Å². The Morgan fingerprint density at radius 1 is 0.625 bits per heavy atom. The lowest BCUT2D eigenvalue weighted by atomic mass is 9.96. The van der Waals surface area contributed by atoms with Crippen LogP contribution in [-0.4, -0.2) is 9.13 Å². The van der Waals surface area contributed by atoms with Gasteiger partial charge in [0, 0.05) is 32.7 Å². The lowest BCUT2D eigenvalue weighted by Crippen LogP contribution is -2.07. The highest BCUT2D eigenvalue weighted by Crippen LogP contribution is 2.43. The van der Waals surface area contributed by atoms with E-state index in [-0.39, 0.29) is 16.8 Å². The van der Waals surface area contributed by atoms with Crippen LogP contribution in [-0.2, 0) is 6.18 Å². The second-order valence-electron chi connectivity index (χ2n) is 12.1. The molecule has 0 spiro atoms. The second-order valence-corrected chi connectivity index (χ2v) is 12.1. The minimum atomic E-state index is -4.67. The molecule has 8 rings (SSSR count). The van der Waals surface area contributed by atoms with E-state index in [0.29, 0.717) is 16.9 Å². The number of hydrogen-bond acceptors (Lipinski definition) is 1. The van der Waals surface area contributed by atoms with Crippen LogP contribution in [0.15, 0.2) is 115 Å². The Balaban J connectivity index is 1.57. The molecule has 4 nitrogen and oxygen atoms in total. The Bertz CT molecular complexity index is 2710. The van der Waals surface area contributed by atoms with Gasteiger partial charge in [-0.2, -0.15) is 18.4 Å². The summed E-state index contributed by atoms with van der Waals surface area (Å²) in [5.74, 6) is 0. The van der Waals surface area contributed by atoms with Crippen LogP contribution >= 0.6 is 0 Å². The van der Waals surface area contributed by atoms with Crippen LogP contribution in [0.25, 0.3) is 71.0 Å². The molecule has 7 heteroatoms. The summed E-state index contributed by atoms with van der Waals surface area (Å²) < 4.78 is 46.5. The molecule has 2 heterocycles. The lowest BCUT2D eigenvalue weighted by molar-refractivity contribution is -0.137. The van der Waals surface area contributed by atoms with Crippen LogP contribution in [0.2, 0.25) is 0 Å². The van der Waals surface area contributed by atoms with E-state index >= 15 is 0 Å². The monoisotopic (exact) mass is 630 g/mol. The van der Waals surface area contributed by atoms with Gasteiger partial charge < -0.3 is 9.13 Å². The van der Waals surface area contributed by atoms with E-state index in [4.69, 9.17) is 6.57 Å². The number of alkyl halides is 3. The zero-order chi connectivity index (χ0) is 33.3. The summed E-state index contributed by atoms with van der Waals surface area (Å²) in [5.41, 5.74) is 6.85. The van der Waals surface area contributed by atoms with Crippen molar-refractivity contribution in [1.29, 1.82) is 5.26 Å². The van der Waals surface area contributed by atoms with Crippen LogP contribution in [0, 0.1) is 31.8 Å². The number of aromatic nitrogens is 2. The van der Waals surface area contributed by atoms with E-state index in [1.807, 2.05) is 56.3 Å². The van der Waals surface area contributed by atoms with Gasteiger partial charge >= 0.3 is 6.18 Å². The summed E-state index contributed by atoms with van der Waals surface area (Å²) in [7, 11) is 0. The van der Waals surface area contributed by atoms with Crippen molar-refractivity contribution in [3.63, 3.8) is 0 Å². The zero-order valence-corrected chi connectivity index (χ0v) is 25.9. The maximum absolute atomic E-state index is 14.1. The molecule has 0 saturated heterocycles. The summed E-state index contributed by atoms with van der Waals surface area (Å²) in [4.78, 5) is 3.34. The molecule has 230 valence electrons. The molecule has 0 N–H and O–H groups in total. The highest BCUT2D eigenvalue weighted by Gasteiger charge is 2.32. The van der Waals surface area contributed by atoms with Crippen LogP contribution < -0.4 is 0 Å². The number of fused-ring (bicyclic) bond motifs is 6. The Morgan fingerprint density at radius 3 is 1.67 bits per heavy atom. The van der Waals surface area contributed by atoms with Gasteiger partial charge in [0.25, 0.3) is 0 Å². The molecule has 8 aromatic rings. The molecule has 0 radical (unpaired) electrons. The van der Waals surface area contributed by atoms with Crippen molar-refractivity contribution >= 4 is 49.3 Å². The molecule has 0 fully saturated rings. The van der Waals surface area contributed by atoms with Gasteiger partial charge in [-0.3, -0.25) is 0 Å². The zero-order valence-electron chi connectivity index (χ0n) is 25.9. The van der Waals surface area contributed by atoms with Crippen molar-refractivity contribution < 1.29 is 13.2 Å². The molecule has 0 unspecified atom stereocenters. The van der Waals surface area contributed by atoms with Crippen LogP contribution in [0.1, 0.15) is 22.3 Å². The molecule has 48 heavy (non-hydrogen) atoms. The minimum Gasteiger partial charge on any atom is -0.307 e. The van der Waals surface area contributed by atoms with Crippen molar-refractivity contribution in [2.75, 3.05) is 0 Å². The molecule has 0 bridgehead atoms. The number of para-hydroxylation sites is 2. The van der Waals surface area contributed by atoms with Gasteiger partial charge in [-0.25, -0.2) is 4.85 Å². The Morgan fingerprint density at radius 2 is 1.15 bits per heavy atom. The number of aryl methyl sites for hydroxylation is 2. The Hall–Kier alpha value is -6.31. The Kier molecular flexibility index (Phi) is 6.44. The van der Waals surface area contributed by atoms with Crippen molar-refractivity contribution in [3.05, 3.63) is 149 Å². The molecule has 0 aliphatic carbocycles. The predicted molar refractivity (Wildman–Crippen MR) is 186 cm³/mol. The van der Waals surface area contributed by atoms with E-state index in [1.54, 1.807) is 12.1 Å². The third-order valence-electron chi connectivity index (χ3n) is 9.06. The van der Waals surface area contributed by atoms with E-state index < -0.39 is 11.7 Å². The number of benzene rings is 6. The van der Waals surface area contributed by atoms with Crippen LogP contribution in [0.3, 0.4) is 0 Å². The average Bonchev–Trinajstić information content (AvgIpc) is 3.59. The maximum Gasteiger partial charge on any atom is 0.415 e. The number of hydrogen-bond donors (Lipinski definition) is 0. The van der Waals surface area contributed by atoms with E-state index in [0.717, 1.165) is 66.9 Å². The van der Waals surface area contributed by atoms with Gasteiger partial charge in [-0.1, -0.05) is 59.7 Å². The second kappa shape index (κ2) is 10.6. The lowest BCUT2D eigenvalue weighted by Gasteiger charge is -2.20. The highest BCUT2D eigenvalue weighted by atomic mass is 19.4. The first-order valence-electron chi connectivity index (χ1n) is 15.3. The number of halogens is 3. The first-order chi connectivity index (χ1) is 23.2. The maximum atomic E-state index is 14.1. The third kappa shape index (κ3) is 4.44. The fourth-order valence-corrected chi connectivity index (χ4v) is 6.95. The van der Waals surface area contributed by atoms with Gasteiger partial charge in [-0.15, -0.1) is 0 Å². The van der Waals surface area contributed by atoms with E-state index in [9.17, 15) is 18.4 Å². The summed E-state index contributed by atoms with van der Waals surface area (Å²) in [6.45, 7) is 11.6. The first-order valence-corrected chi connectivity index (χ1v) is 15.3. The molecular formula is C41H25F3N4. The summed E-state index contributed by atoms with van der Waals surface area (Å²) in [5, 5.41) is 14.7. The third-order valence-corrected chi connectivity index (χ3v) is 9.06. The van der Waals surface area contributed by atoms with Gasteiger partial charge in [0.05, 0.1) is 51.6 Å². The molecule has 0 atom stereocenters. The number of nitrogens with zero attached hydrogens (tertiary/aromatic N) is 4. The fraction of sp³-hybridized carbons (Fsp3) is 0.0732. The quantitative estimate of drug-likeness (QED) is 0.179. The SMILES string of the molecule is [C-]#[N+]c1cc(-c2cc(-n3c4ccccc4c4cc(C)ccc43)c(-n3c4ccccc4c4cc(C)ccc43)cc2C#N)cc(C(F)(F)F)c1. The molecule has 0 amide bonds. The largest absolute Gasteiger partial charge is 0.415 e.